The summed E-state index contributed by atoms with van der Waals surface area (Å²) in [6.07, 6.45) is 1.40. The number of aryl methyl sites for hydroxylation is 1. The molecular weight excluding hydrogens is 529 g/mol. The summed E-state index contributed by atoms with van der Waals surface area (Å²) in [5, 5.41) is 20.1. The Morgan fingerprint density at radius 3 is 2.80 bits per heavy atom. The van der Waals surface area contributed by atoms with E-state index in [1.807, 2.05) is 36.4 Å². The van der Waals surface area contributed by atoms with Gasteiger partial charge in [-0.3, -0.25) is 4.68 Å². The molecule has 1 aliphatic heterocycles. The normalized spacial score (nSPS) is 26.0. The van der Waals surface area contributed by atoms with Crippen molar-refractivity contribution in [3.05, 3.63) is 55.1 Å². The molecule has 0 amide bonds. The third-order valence-corrected chi connectivity index (χ3v) is 7.80. The minimum atomic E-state index is -1.74. The summed E-state index contributed by atoms with van der Waals surface area (Å²) in [4.78, 5) is 13.1. The van der Waals surface area contributed by atoms with Crippen LogP contribution in [0.15, 0.2) is 55.1 Å². The van der Waals surface area contributed by atoms with Crippen LogP contribution in [0.1, 0.15) is 19.1 Å². The Balaban J connectivity index is 1.10. The van der Waals surface area contributed by atoms with E-state index in [0.717, 1.165) is 29.6 Å². The second-order valence-electron chi connectivity index (χ2n) is 10.7. The Bertz CT molecular complexity index is 1730. The summed E-state index contributed by atoms with van der Waals surface area (Å²) in [7, 11) is 1.80. The van der Waals surface area contributed by atoms with E-state index in [1.165, 1.54) is 10.9 Å². The molecule has 12 nitrogen and oxygen atoms in total. The number of nitrogen functional groups attached to an aromatic ring is 1. The number of nitrogens with one attached hydrogen (secondary N) is 1. The van der Waals surface area contributed by atoms with Gasteiger partial charge in [0.15, 0.2) is 12.4 Å². The molecule has 4 atom stereocenters. The first-order valence-corrected chi connectivity index (χ1v) is 13.5. The molecule has 212 valence electrons. The van der Waals surface area contributed by atoms with Crippen molar-refractivity contribution >= 4 is 33.6 Å². The van der Waals surface area contributed by atoms with E-state index in [-0.39, 0.29) is 18.5 Å². The minimum absolute atomic E-state index is 0.0646. The molecule has 5 aromatic rings. The lowest BCUT2D eigenvalue weighted by Gasteiger charge is -2.33. The van der Waals surface area contributed by atoms with Crippen molar-refractivity contribution in [3.63, 3.8) is 0 Å². The number of aliphatic hydroxyl groups excluding tert-OH is 1. The van der Waals surface area contributed by atoms with Crippen LogP contribution < -0.4 is 21.5 Å². The number of benzene rings is 1. The Kier molecular flexibility index (Phi) is 6.21. The highest BCUT2D eigenvalue weighted by Gasteiger charge is 2.46. The maximum Gasteiger partial charge on any atom is 0.173 e. The van der Waals surface area contributed by atoms with Gasteiger partial charge in [0.25, 0.3) is 0 Å². The van der Waals surface area contributed by atoms with Gasteiger partial charge in [-0.2, -0.15) is 5.10 Å². The number of hydrogen-bond acceptors (Lipinski definition) is 10. The monoisotopic (exact) mass is 559 g/mol. The molecule has 2 fully saturated rings. The molecule has 13 heteroatoms. The summed E-state index contributed by atoms with van der Waals surface area (Å²) in [5.74, 6) is 1.55. The molecule has 4 aromatic heterocycles. The van der Waals surface area contributed by atoms with Gasteiger partial charge in [0.05, 0.1) is 16.6 Å². The Labute approximate surface area is 234 Å². The van der Waals surface area contributed by atoms with E-state index < -0.39 is 24.6 Å². The number of pyridine rings is 1. The molecule has 2 aliphatic rings. The smallest absolute Gasteiger partial charge is 0.173 e. The van der Waals surface area contributed by atoms with Crippen LogP contribution in [-0.4, -0.2) is 71.5 Å². The number of nitrogens with two attached hydrogens (primary N) is 2. The molecule has 1 aliphatic carbocycles. The average Bonchev–Trinajstić information content (AvgIpc) is 3.63. The number of hydrogen-bond donors (Lipinski definition) is 4. The van der Waals surface area contributed by atoms with Gasteiger partial charge in [0.1, 0.15) is 48.2 Å². The van der Waals surface area contributed by atoms with E-state index in [2.05, 4.69) is 20.4 Å². The SMILES string of the molecule is Cn1ccc(-c2cn([C@@H]3O[C@H](COc4ccc5ccc(N[C@H]6C[C@@H](N)C6)nc5c4)[C@@H](O)[C@@H]3F)c3ncnc(N)c23)n1. The lowest BCUT2D eigenvalue weighted by molar-refractivity contribution is -0.0410. The van der Waals surface area contributed by atoms with Gasteiger partial charge in [0.2, 0.25) is 0 Å². The number of nitrogens with zero attached hydrogens (tertiary/aromatic N) is 6. The average molecular weight is 560 g/mol. The first-order chi connectivity index (χ1) is 19.8. The zero-order valence-corrected chi connectivity index (χ0v) is 22.3. The van der Waals surface area contributed by atoms with Gasteiger partial charge in [-0.1, -0.05) is 0 Å². The Morgan fingerprint density at radius 1 is 1.20 bits per heavy atom. The van der Waals surface area contributed by atoms with Crippen LogP contribution in [0.3, 0.4) is 0 Å². The van der Waals surface area contributed by atoms with E-state index >= 15 is 4.39 Å². The zero-order valence-electron chi connectivity index (χ0n) is 22.3. The molecule has 0 unspecified atom stereocenters. The van der Waals surface area contributed by atoms with Crippen molar-refractivity contribution in [2.75, 3.05) is 17.7 Å². The number of aliphatic hydroxyl groups is 1. The number of ether oxygens (including phenoxy) is 2. The molecule has 0 spiro atoms. The predicted molar refractivity (Wildman–Crippen MR) is 151 cm³/mol. The van der Waals surface area contributed by atoms with E-state index in [0.29, 0.717) is 34.1 Å². The van der Waals surface area contributed by atoms with Crippen molar-refractivity contribution in [1.82, 2.24) is 29.3 Å². The first kappa shape index (κ1) is 25.6. The molecule has 1 saturated carbocycles. The molecule has 1 aromatic carbocycles. The van der Waals surface area contributed by atoms with E-state index in [4.69, 9.17) is 25.9 Å². The molecule has 7 rings (SSSR count). The van der Waals surface area contributed by atoms with Crippen LogP contribution in [0.2, 0.25) is 0 Å². The van der Waals surface area contributed by atoms with Gasteiger partial charge in [-0.05, 0) is 43.2 Å². The highest BCUT2D eigenvalue weighted by atomic mass is 19.1. The predicted octanol–water partition coefficient (Wildman–Crippen LogP) is 2.54. The second-order valence-corrected chi connectivity index (χ2v) is 10.7. The van der Waals surface area contributed by atoms with Crippen LogP contribution in [-0.2, 0) is 11.8 Å². The lowest BCUT2D eigenvalue weighted by atomic mass is 9.88. The van der Waals surface area contributed by atoms with Crippen LogP contribution >= 0.6 is 0 Å². The highest BCUT2D eigenvalue weighted by Crippen LogP contribution is 2.39. The summed E-state index contributed by atoms with van der Waals surface area (Å²) >= 11 is 0. The summed E-state index contributed by atoms with van der Waals surface area (Å²) in [6.45, 7) is -0.0646. The summed E-state index contributed by atoms with van der Waals surface area (Å²) in [6, 6.07) is 11.9. The number of aromatic nitrogens is 6. The van der Waals surface area contributed by atoms with E-state index in [1.54, 1.807) is 24.1 Å². The van der Waals surface area contributed by atoms with Crippen LogP contribution in [0.4, 0.5) is 16.0 Å². The largest absolute Gasteiger partial charge is 0.491 e. The summed E-state index contributed by atoms with van der Waals surface area (Å²) in [5.41, 5.74) is 14.5. The number of alkyl halides is 1. The lowest BCUT2D eigenvalue weighted by Crippen LogP contribution is -2.44. The molecule has 41 heavy (non-hydrogen) atoms. The third-order valence-electron chi connectivity index (χ3n) is 7.80. The maximum absolute atomic E-state index is 15.5. The third kappa shape index (κ3) is 4.61. The molecule has 0 bridgehead atoms. The first-order valence-electron chi connectivity index (χ1n) is 13.5. The van der Waals surface area contributed by atoms with Gasteiger partial charge >= 0.3 is 0 Å². The Hall–Kier alpha value is -4.33. The zero-order chi connectivity index (χ0) is 28.2. The molecular formula is C28H30FN9O3. The Morgan fingerprint density at radius 2 is 2.02 bits per heavy atom. The van der Waals surface area contributed by atoms with Crippen molar-refractivity contribution in [1.29, 1.82) is 0 Å². The van der Waals surface area contributed by atoms with Crippen LogP contribution in [0.5, 0.6) is 5.75 Å². The molecule has 6 N–H and O–H groups in total. The summed E-state index contributed by atoms with van der Waals surface area (Å²) < 4.78 is 30.7. The maximum atomic E-state index is 15.5. The number of rotatable bonds is 7. The number of fused-ring (bicyclic) bond motifs is 2. The molecule has 1 saturated heterocycles. The molecule has 0 radical (unpaired) electrons. The minimum Gasteiger partial charge on any atom is -0.491 e. The van der Waals surface area contributed by atoms with Crippen molar-refractivity contribution in [2.45, 2.75) is 49.5 Å². The quantitative estimate of drug-likeness (QED) is 0.233. The van der Waals surface area contributed by atoms with Crippen molar-refractivity contribution in [3.8, 4) is 17.0 Å². The highest BCUT2D eigenvalue weighted by molar-refractivity contribution is 5.99. The fourth-order valence-electron chi connectivity index (χ4n) is 5.55. The number of anilines is 2. The topological polar surface area (TPSA) is 164 Å². The molecule has 5 heterocycles. The fraction of sp³-hybridized carbons (Fsp3) is 0.357. The van der Waals surface area contributed by atoms with Gasteiger partial charge < -0.3 is 35.9 Å². The van der Waals surface area contributed by atoms with Crippen LogP contribution in [0, 0.1) is 0 Å². The second kappa shape index (κ2) is 9.94. The van der Waals surface area contributed by atoms with Crippen molar-refractivity contribution in [2.24, 2.45) is 12.8 Å². The van der Waals surface area contributed by atoms with E-state index in [9.17, 15) is 5.11 Å². The number of halogens is 1. The standard InChI is InChI=1S/C28H30FN9O3/c1-37-7-6-19(36-37)18-11-38(27-23(18)26(31)32-13-33-27)28-24(29)25(39)21(41-28)12-40-17-4-2-14-3-5-22(35-20(14)10-17)34-16-8-15(30)9-16/h2-7,10-11,13,15-16,21,24-25,28,39H,8-9,12,30H2,1H3,(H,34,35)(H2,31,32,33)/t15-,16+,21-,24+,25-,28-/m1/s1. The van der Waals surface area contributed by atoms with Crippen molar-refractivity contribution < 1.29 is 19.0 Å². The van der Waals surface area contributed by atoms with Crippen LogP contribution in [0.25, 0.3) is 33.2 Å². The van der Waals surface area contributed by atoms with Gasteiger partial charge in [-0.15, -0.1) is 0 Å². The fourth-order valence-corrected chi connectivity index (χ4v) is 5.55. The van der Waals surface area contributed by atoms with Gasteiger partial charge in [0, 0.05) is 48.5 Å². The van der Waals surface area contributed by atoms with Gasteiger partial charge in [-0.25, -0.2) is 19.3 Å².